The molecule has 2 aromatic rings. The Hall–Kier alpha value is -1.59. The molecule has 1 aromatic carbocycles. The number of carbonyl (C=O) groups is 1. The standard InChI is InChI=1S/C13H12ClNO3S/c1-3-8-4-6-9(7-5-8)18-13-15-11(14)10(19-13)12(16)17-2/h4-7H,3H2,1-2H3. The Morgan fingerprint density at radius 1 is 1.37 bits per heavy atom. The van der Waals surface area contributed by atoms with E-state index in [1.165, 1.54) is 12.7 Å². The van der Waals surface area contributed by atoms with Gasteiger partial charge in [0.15, 0.2) is 10.0 Å². The van der Waals surface area contributed by atoms with Crippen molar-refractivity contribution < 1.29 is 14.3 Å². The minimum absolute atomic E-state index is 0.0945. The highest BCUT2D eigenvalue weighted by atomic mass is 35.5. The molecule has 0 radical (unpaired) electrons. The molecule has 0 atom stereocenters. The zero-order chi connectivity index (χ0) is 13.8. The Bertz CT molecular complexity index is 580. The Morgan fingerprint density at radius 3 is 2.63 bits per heavy atom. The zero-order valence-corrected chi connectivity index (χ0v) is 12.0. The minimum Gasteiger partial charge on any atom is -0.465 e. The molecule has 0 unspecified atom stereocenters. The Morgan fingerprint density at radius 2 is 2.05 bits per heavy atom. The summed E-state index contributed by atoms with van der Waals surface area (Å²) in [4.78, 5) is 15.6. The number of halogens is 1. The predicted molar refractivity (Wildman–Crippen MR) is 74.4 cm³/mol. The first-order chi connectivity index (χ1) is 9.13. The van der Waals surface area contributed by atoms with Gasteiger partial charge >= 0.3 is 5.97 Å². The second kappa shape index (κ2) is 6.04. The van der Waals surface area contributed by atoms with E-state index in [-0.39, 0.29) is 10.0 Å². The number of aryl methyl sites for hydroxylation is 1. The van der Waals surface area contributed by atoms with Gasteiger partial charge in [0, 0.05) is 0 Å². The quantitative estimate of drug-likeness (QED) is 0.802. The lowest BCUT2D eigenvalue weighted by Gasteiger charge is -2.02. The third-order valence-corrected chi connectivity index (χ3v) is 3.77. The van der Waals surface area contributed by atoms with Gasteiger partial charge in [0.05, 0.1) is 7.11 Å². The van der Waals surface area contributed by atoms with E-state index in [1.807, 2.05) is 24.3 Å². The molecule has 1 heterocycles. The van der Waals surface area contributed by atoms with Crippen LogP contribution in [0.25, 0.3) is 0 Å². The van der Waals surface area contributed by atoms with Crippen molar-refractivity contribution in [3.8, 4) is 10.9 Å². The number of aromatic nitrogens is 1. The first-order valence-corrected chi connectivity index (χ1v) is 6.85. The van der Waals surface area contributed by atoms with Crippen LogP contribution in [-0.2, 0) is 11.2 Å². The second-order valence-electron chi connectivity index (χ2n) is 3.69. The van der Waals surface area contributed by atoms with Crippen LogP contribution in [0.5, 0.6) is 10.9 Å². The van der Waals surface area contributed by atoms with E-state index in [4.69, 9.17) is 16.3 Å². The number of esters is 1. The molecule has 0 N–H and O–H groups in total. The van der Waals surface area contributed by atoms with Crippen LogP contribution in [0.2, 0.25) is 5.15 Å². The van der Waals surface area contributed by atoms with Crippen molar-refractivity contribution in [3.63, 3.8) is 0 Å². The third kappa shape index (κ3) is 3.24. The number of benzene rings is 1. The molecule has 2 rings (SSSR count). The van der Waals surface area contributed by atoms with Gasteiger partial charge in [-0.15, -0.1) is 0 Å². The SMILES string of the molecule is CCc1ccc(Oc2nc(Cl)c(C(=O)OC)s2)cc1. The summed E-state index contributed by atoms with van der Waals surface area (Å²) < 4.78 is 10.2. The molecule has 0 amide bonds. The van der Waals surface area contributed by atoms with E-state index in [9.17, 15) is 4.79 Å². The molecule has 0 aliphatic heterocycles. The lowest BCUT2D eigenvalue weighted by Crippen LogP contribution is -1.98. The summed E-state index contributed by atoms with van der Waals surface area (Å²) in [5.41, 5.74) is 1.22. The summed E-state index contributed by atoms with van der Waals surface area (Å²) >= 11 is 6.91. The smallest absolute Gasteiger partial charge is 0.351 e. The summed E-state index contributed by atoms with van der Waals surface area (Å²) in [6.07, 6.45) is 0.968. The topological polar surface area (TPSA) is 48.4 Å². The molecular formula is C13H12ClNO3S. The molecule has 0 saturated heterocycles. The van der Waals surface area contributed by atoms with Crippen molar-refractivity contribution in [1.29, 1.82) is 0 Å². The van der Waals surface area contributed by atoms with Crippen molar-refractivity contribution in [2.24, 2.45) is 0 Å². The van der Waals surface area contributed by atoms with E-state index < -0.39 is 5.97 Å². The van der Waals surface area contributed by atoms with Gasteiger partial charge in [0.25, 0.3) is 5.19 Å². The highest BCUT2D eigenvalue weighted by molar-refractivity contribution is 7.15. The van der Waals surface area contributed by atoms with Gasteiger partial charge in [-0.1, -0.05) is 42.0 Å². The Balaban J connectivity index is 2.16. The first kappa shape index (κ1) is 13.8. The molecule has 1 aromatic heterocycles. The molecule has 6 heteroatoms. The molecular weight excluding hydrogens is 286 g/mol. The molecule has 19 heavy (non-hydrogen) atoms. The molecule has 0 fully saturated rings. The lowest BCUT2D eigenvalue weighted by molar-refractivity contribution is 0.0606. The summed E-state index contributed by atoms with van der Waals surface area (Å²) in [5.74, 6) is 0.137. The van der Waals surface area contributed by atoms with Crippen LogP contribution in [-0.4, -0.2) is 18.1 Å². The first-order valence-electron chi connectivity index (χ1n) is 5.65. The third-order valence-electron chi connectivity index (χ3n) is 2.47. The van der Waals surface area contributed by atoms with Crippen molar-refractivity contribution in [3.05, 3.63) is 39.9 Å². The van der Waals surface area contributed by atoms with E-state index in [0.717, 1.165) is 17.8 Å². The number of thiazole rings is 1. The normalized spacial score (nSPS) is 10.3. The maximum atomic E-state index is 11.4. The van der Waals surface area contributed by atoms with Crippen molar-refractivity contribution in [1.82, 2.24) is 4.98 Å². The largest absolute Gasteiger partial charge is 0.465 e. The molecule has 0 spiro atoms. The van der Waals surface area contributed by atoms with Crippen LogP contribution in [0.15, 0.2) is 24.3 Å². The van der Waals surface area contributed by atoms with Crippen molar-refractivity contribution in [2.45, 2.75) is 13.3 Å². The summed E-state index contributed by atoms with van der Waals surface area (Å²) in [6.45, 7) is 2.08. The second-order valence-corrected chi connectivity index (χ2v) is 5.01. The monoisotopic (exact) mass is 297 g/mol. The maximum absolute atomic E-state index is 11.4. The lowest BCUT2D eigenvalue weighted by atomic mass is 10.2. The van der Waals surface area contributed by atoms with Gasteiger partial charge in [-0.05, 0) is 24.1 Å². The van der Waals surface area contributed by atoms with Crippen LogP contribution in [0.1, 0.15) is 22.2 Å². The van der Waals surface area contributed by atoms with Crippen LogP contribution in [0.3, 0.4) is 0 Å². The van der Waals surface area contributed by atoms with E-state index >= 15 is 0 Å². The highest BCUT2D eigenvalue weighted by Crippen LogP contribution is 2.32. The highest BCUT2D eigenvalue weighted by Gasteiger charge is 2.18. The fourth-order valence-electron chi connectivity index (χ4n) is 1.44. The number of rotatable bonds is 4. The average Bonchev–Trinajstić information content (AvgIpc) is 2.79. The molecule has 0 saturated carbocycles. The number of nitrogens with zero attached hydrogens (tertiary/aromatic N) is 1. The molecule has 0 bridgehead atoms. The van der Waals surface area contributed by atoms with Crippen LogP contribution >= 0.6 is 22.9 Å². The van der Waals surface area contributed by atoms with Gasteiger partial charge in [0.2, 0.25) is 0 Å². The maximum Gasteiger partial charge on any atom is 0.351 e. The number of carbonyl (C=O) groups excluding carboxylic acids is 1. The molecule has 0 aliphatic rings. The molecule has 100 valence electrons. The van der Waals surface area contributed by atoms with Crippen LogP contribution < -0.4 is 4.74 Å². The van der Waals surface area contributed by atoms with Gasteiger partial charge in [0.1, 0.15) is 5.75 Å². The van der Waals surface area contributed by atoms with E-state index in [0.29, 0.717) is 10.9 Å². The number of methoxy groups -OCH3 is 1. The van der Waals surface area contributed by atoms with Crippen molar-refractivity contribution >= 4 is 28.9 Å². The number of hydrogen-bond acceptors (Lipinski definition) is 5. The van der Waals surface area contributed by atoms with Crippen LogP contribution in [0, 0.1) is 0 Å². The zero-order valence-electron chi connectivity index (χ0n) is 10.5. The Kier molecular flexibility index (Phi) is 4.39. The average molecular weight is 298 g/mol. The van der Waals surface area contributed by atoms with Gasteiger partial charge in [-0.3, -0.25) is 0 Å². The number of ether oxygens (including phenoxy) is 2. The van der Waals surface area contributed by atoms with Crippen molar-refractivity contribution in [2.75, 3.05) is 7.11 Å². The number of hydrogen-bond donors (Lipinski definition) is 0. The summed E-state index contributed by atoms with van der Waals surface area (Å²) in [6, 6.07) is 7.66. The fraction of sp³-hybridized carbons (Fsp3) is 0.231. The predicted octanol–water partition coefficient (Wildman–Crippen LogP) is 3.94. The van der Waals surface area contributed by atoms with Crippen LogP contribution in [0.4, 0.5) is 0 Å². The minimum atomic E-state index is -0.515. The van der Waals surface area contributed by atoms with Gasteiger partial charge in [-0.2, -0.15) is 4.98 Å². The Labute approximate surface area is 120 Å². The van der Waals surface area contributed by atoms with Gasteiger partial charge in [-0.25, -0.2) is 4.79 Å². The summed E-state index contributed by atoms with van der Waals surface area (Å²) in [7, 11) is 1.29. The van der Waals surface area contributed by atoms with Gasteiger partial charge < -0.3 is 9.47 Å². The summed E-state index contributed by atoms with van der Waals surface area (Å²) in [5, 5.41) is 0.409. The molecule has 4 nitrogen and oxygen atoms in total. The molecule has 0 aliphatic carbocycles. The van der Waals surface area contributed by atoms with E-state index in [2.05, 4.69) is 16.6 Å². The van der Waals surface area contributed by atoms with E-state index in [1.54, 1.807) is 0 Å². The fourth-order valence-corrected chi connectivity index (χ4v) is 2.51.